The minimum absolute atomic E-state index is 0.0586. The Bertz CT molecular complexity index is 1240. The topological polar surface area (TPSA) is 106 Å². The fraction of sp³-hybridized carbons (Fsp3) is 0.273. The number of aromatic nitrogens is 6. The van der Waals surface area contributed by atoms with Gasteiger partial charge in [-0.3, -0.25) is 19.4 Å². The van der Waals surface area contributed by atoms with Crippen molar-refractivity contribution in [3.8, 4) is 34.0 Å². The van der Waals surface area contributed by atoms with Crippen molar-refractivity contribution in [2.75, 3.05) is 33.2 Å². The maximum atomic E-state index is 12.7. The highest BCUT2D eigenvalue weighted by Crippen LogP contribution is 2.26. The van der Waals surface area contributed by atoms with Crippen LogP contribution in [-0.2, 0) is 7.05 Å². The van der Waals surface area contributed by atoms with Gasteiger partial charge in [-0.05, 0) is 25.2 Å². The number of carbonyl (C=O) groups is 1. The second-order valence-electron chi connectivity index (χ2n) is 7.82. The zero-order valence-corrected chi connectivity index (χ0v) is 17.8. The Morgan fingerprint density at radius 2 is 1.75 bits per heavy atom. The molecule has 1 fully saturated rings. The zero-order valence-electron chi connectivity index (χ0n) is 17.8. The van der Waals surface area contributed by atoms with Gasteiger partial charge in [-0.1, -0.05) is 5.16 Å². The molecule has 0 spiro atoms. The Labute approximate surface area is 184 Å². The van der Waals surface area contributed by atoms with Gasteiger partial charge >= 0.3 is 0 Å². The van der Waals surface area contributed by atoms with Crippen LogP contribution in [0.25, 0.3) is 34.0 Å². The summed E-state index contributed by atoms with van der Waals surface area (Å²) < 4.78 is 7.19. The molecular formula is C22H22N8O2. The monoisotopic (exact) mass is 430 g/mol. The molecule has 0 atom stereocenters. The molecule has 162 valence electrons. The Hall–Kier alpha value is -3.92. The van der Waals surface area contributed by atoms with E-state index in [0.717, 1.165) is 24.2 Å². The Kier molecular flexibility index (Phi) is 5.20. The van der Waals surface area contributed by atoms with Gasteiger partial charge in [0.05, 0.1) is 11.8 Å². The fourth-order valence-electron chi connectivity index (χ4n) is 3.57. The lowest BCUT2D eigenvalue weighted by molar-refractivity contribution is 0.0658. The molecule has 1 amide bonds. The molecule has 0 aromatic carbocycles. The fourth-order valence-corrected chi connectivity index (χ4v) is 3.57. The third kappa shape index (κ3) is 4.00. The van der Waals surface area contributed by atoms with Crippen molar-refractivity contribution in [1.82, 2.24) is 39.7 Å². The first-order valence-corrected chi connectivity index (χ1v) is 10.3. The van der Waals surface area contributed by atoms with E-state index in [4.69, 9.17) is 4.52 Å². The van der Waals surface area contributed by atoms with E-state index in [-0.39, 0.29) is 5.91 Å². The minimum atomic E-state index is -0.0586. The van der Waals surface area contributed by atoms with Crippen molar-refractivity contribution in [1.29, 1.82) is 0 Å². The van der Waals surface area contributed by atoms with Gasteiger partial charge in [-0.15, -0.1) is 0 Å². The van der Waals surface area contributed by atoms with Gasteiger partial charge in [0.1, 0.15) is 5.69 Å². The lowest BCUT2D eigenvalue weighted by Crippen LogP contribution is -2.47. The Balaban J connectivity index is 1.33. The molecule has 32 heavy (non-hydrogen) atoms. The number of hydrogen-bond acceptors (Lipinski definition) is 8. The summed E-state index contributed by atoms with van der Waals surface area (Å²) in [4.78, 5) is 29.8. The molecule has 0 unspecified atom stereocenters. The van der Waals surface area contributed by atoms with Crippen LogP contribution < -0.4 is 0 Å². The van der Waals surface area contributed by atoms with Crippen LogP contribution in [-0.4, -0.2) is 78.8 Å². The first-order valence-electron chi connectivity index (χ1n) is 10.3. The van der Waals surface area contributed by atoms with Crippen molar-refractivity contribution < 1.29 is 9.32 Å². The first-order chi connectivity index (χ1) is 15.6. The maximum absolute atomic E-state index is 12.7. The van der Waals surface area contributed by atoms with Crippen LogP contribution in [0.15, 0.2) is 53.7 Å². The maximum Gasteiger partial charge on any atom is 0.272 e. The van der Waals surface area contributed by atoms with Crippen molar-refractivity contribution in [2.45, 2.75) is 0 Å². The molecule has 4 aromatic heterocycles. The predicted molar refractivity (Wildman–Crippen MR) is 116 cm³/mol. The van der Waals surface area contributed by atoms with Crippen LogP contribution in [0.2, 0.25) is 0 Å². The third-order valence-electron chi connectivity index (χ3n) is 5.48. The normalized spacial score (nSPS) is 14.6. The number of rotatable bonds is 4. The van der Waals surface area contributed by atoms with E-state index in [1.165, 1.54) is 0 Å². The average molecular weight is 430 g/mol. The Morgan fingerprint density at radius 1 is 0.938 bits per heavy atom. The van der Waals surface area contributed by atoms with E-state index < -0.39 is 0 Å². The molecule has 1 aliphatic heterocycles. The number of pyridine rings is 2. The molecule has 10 nitrogen and oxygen atoms in total. The number of carbonyl (C=O) groups excluding carboxylic acids is 1. The molecular weight excluding hydrogens is 408 g/mol. The second kappa shape index (κ2) is 8.31. The largest absolute Gasteiger partial charge is 0.335 e. The third-order valence-corrected chi connectivity index (χ3v) is 5.48. The molecule has 0 aliphatic carbocycles. The summed E-state index contributed by atoms with van der Waals surface area (Å²) in [6, 6.07) is 5.42. The molecule has 4 aromatic rings. The smallest absolute Gasteiger partial charge is 0.272 e. The highest BCUT2D eigenvalue weighted by atomic mass is 16.5. The van der Waals surface area contributed by atoms with Crippen LogP contribution in [0, 0.1) is 0 Å². The van der Waals surface area contributed by atoms with Crippen molar-refractivity contribution in [2.24, 2.45) is 7.05 Å². The van der Waals surface area contributed by atoms with E-state index in [2.05, 4.69) is 37.2 Å². The van der Waals surface area contributed by atoms with Gasteiger partial charge in [0.15, 0.2) is 0 Å². The Morgan fingerprint density at radius 3 is 2.47 bits per heavy atom. The lowest BCUT2D eigenvalue weighted by Gasteiger charge is -2.32. The summed E-state index contributed by atoms with van der Waals surface area (Å²) in [5.74, 6) is 0.699. The van der Waals surface area contributed by atoms with Gasteiger partial charge < -0.3 is 14.3 Å². The highest BCUT2D eigenvalue weighted by Gasteiger charge is 2.21. The summed E-state index contributed by atoms with van der Waals surface area (Å²) in [6.07, 6.45) is 8.72. The van der Waals surface area contributed by atoms with E-state index in [0.29, 0.717) is 41.6 Å². The summed E-state index contributed by atoms with van der Waals surface area (Å²) in [6.45, 7) is 3.15. The van der Waals surface area contributed by atoms with Crippen molar-refractivity contribution >= 4 is 5.91 Å². The van der Waals surface area contributed by atoms with Crippen LogP contribution in [0.1, 0.15) is 10.5 Å². The van der Waals surface area contributed by atoms with Gasteiger partial charge in [0.2, 0.25) is 5.82 Å². The molecule has 5 rings (SSSR count). The van der Waals surface area contributed by atoms with E-state index >= 15 is 0 Å². The van der Waals surface area contributed by atoms with Crippen LogP contribution in [0.5, 0.6) is 0 Å². The SMILES string of the molecule is CN1CCN(C(=O)c2ccc(-c3noc(-c4cncc(-c5cnn(C)c5)c4)n3)cn2)CC1. The molecule has 0 N–H and O–H groups in total. The summed E-state index contributed by atoms with van der Waals surface area (Å²) in [7, 11) is 3.92. The average Bonchev–Trinajstić information content (AvgIpc) is 3.49. The van der Waals surface area contributed by atoms with E-state index in [9.17, 15) is 4.79 Å². The summed E-state index contributed by atoms with van der Waals surface area (Å²) in [5, 5.41) is 8.26. The number of nitrogens with zero attached hydrogens (tertiary/aromatic N) is 8. The lowest BCUT2D eigenvalue weighted by atomic mass is 10.1. The first kappa shape index (κ1) is 20.0. The molecule has 1 aliphatic rings. The summed E-state index contributed by atoms with van der Waals surface area (Å²) >= 11 is 0. The van der Waals surface area contributed by atoms with Gasteiger partial charge in [0.25, 0.3) is 11.8 Å². The zero-order chi connectivity index (χ0) is 22.1. The second-order valence-corrected chi connectivity index (χ2v) is 7.82. The predicted octanol–water partition coefficient (Wildman–Crippen LogP) is 1.98. The van der Waals surface area contributed by atoms with Gasteiger partial charge in [0, 0.05) is 74.7 Å². The minimum Gasteiger partial charge on any atom is -0.335 e. The quantitative estimate of drug-likeness (QED) is 0.484. The number of amides is 1. The van der Waals surface area contributed by atoms with Gasteiger partial charge in [-0.25, -0.2) is 0 Å². The molecule has 10 heteroatoms. The van der Waals surface area contributed by atoms with Crippen LogP contribution >= 0.6 is 0 Å². The van der Waals surface area contributed by atoms with Crippen LogP contribution in [0.3, 0.4) is 0 Å². The summed E-state index contributed by atoms with van der Waals surface area (Å²) in [5.41, 5.74) is 3.65. The molecule has 0 saturated carbocycles. The number of aryl methyl sites for hydroxylation is 1. The molecule has 0 bridgehead atoms. The van der Waals surface area contributed by atoms with E-state index in [1.807, 2.05) is 24.2 Å². The van der Waals surface area contributed by atoms with Crippen molar-refractivity contribution in [3.63, 3.8) is 0 Å². The standard InChI is InChI=1S/C22H22N8O2/c1-28-5-7-30(8-6-28)22(31)19-4-3-15(12-24-19)20-26-21(32-27-20)17-9-16(10-23-11-17)18-13-25-29(2)14-18/h3-4,9-14H,5-8H2,1-2H3. The molecule has 5 heterocycles. The molecule has 0 radical (unpaired) electrons. The van der Waals surface area contributed by atoms with E-state index in [1.54, 1.807) is 41.6 Å². The van der Waals surface area contributed by atoms with Crippen LogP contribution in [0.4, 0.5) is 0 Å². The number of hydrogen-bond donors (Lipinski definition) is 0. The highest BCUT2D eigenvalue weighted by molar-refractivity contribution is 5.92. The van der Waals surface area contributed by atoms with Crippen molar-refractivity contribution in [3.05, 3.63) is 54.9 Å². The number of likely N-dealkylation sites (N-methyl/N-ethyl adjacent to an activating group) is 1. The van der Waals surface area contributed by atoms with Gasteiger partial charge in [-0.2, -0.15) is 10.1 Å². The molecule has 1 saturated heterocycles. The number of piperazine rings is 1.